The molecule has 1 N–H and O–H groups in total. The van der Waals surface area contributed by atoms with Crippen LogP contribution in [-0.2, 0) is 4.79 Å². The number of hydrogen-bond donors (Lipinski definition) is 1. The third-order valence-corrected chi connectivity index (χ3v) is 2.56. The molecule has 1 aromatic heterocycles. The summed E-state index contributed by atoms with van der Waals surface area (Å²) in [6, 6.07) is 0. The van der Waals surface area contributed by atoms with E-state index in [0.717, 1.165) is 6.42 Å². The Bertz CT molecular complexity index is 452. The summed E-state index contributed by atoms with van der Waals surface area (Å²) in [5, 5.41) is 2.86. The Morgan fingerprint density at radius 1 is 1.47 bits per heavy atom. The molecule has 0 bridgehead atoms. The highest BCUT2D eigenvalue weighted by Gasteiger charge is 2.22. The molecule has 0 saturated carbocycles. The molecule has 2 amide bonds. The van der Waals surface area contributed by atoms with Crippen molar-refractivity contribution in [2.24, 2.45) is 0 Å². The topological polar surface area (TPSA) is 75.2 Å². The average Bonchev–Trinajstić information content (AvgIpc) is 2.53. The minimum absolute atomic E-state index is 0.0486. The highest BCUT2D eigenvalue weighted by molar-refractivity contribution is 6.29. The largest absolute Gasteiger partial charge is 0.354 e. The van der Waals surface area contributed by atoms with E-state index in [-0.39, 0.29) is 29.2 Å². The van der Waals surface area contributed by atoms with Gasteiger partial charge in [0.1, 0.15) is 10.8 Å². The Kier molecular flexibility index (Phi) is 3.53. The van der Waals surface area contributed by atoms with Crippen LogP contribution in [0.25, 0.3) is 0 Å². The molecule has 2 heterocycles. The monoisotopic (exact) mass is 254 g/mol. The van der Waals surface area contributed by atoms with Gasteiger partial charge >= 0.3 is 0 Å². The summed E-state index contributed by atoms with van der Waals surface area (Å²) in [6.07, 6.45) is 3.43. The van der Waals surface area contributed by atoms with E-state index in [9.17, 15) is 9.59 Å². The van der Waals surface area contributed by atoms with Crippen LogP contribution in [0.4, 0.5) is 0 Å². The number of nitrogens with zero attached hydrogens (tertiary/aromatic N) is 3. The molecule has 0 spiro atoms. The van der Waals surface area contributed by atoms with Gasteiger partial charge in [-0.25, -0.2) is 4.98 Å². The molecule has 1 saturated heterocycles. The summed E-state index contributed by atoms with van der Waals surface area (Å²) >= 11 is 5.67. The maximum Gasteiger partial charge on any atom is 0.274 e. The number of nitrogens with one attached hydrogen (secondary N) is 1. The van der Waals surface area contributed by atoms with Gasteiger partial charge in [0, 0.05) is 13.1 Å². The van der Waals surface area contributed by atoms with Crippen molar-refractivity contribution in [2.75, 3.05) is 19.6 Å². The highest BCUT2D eigenvalue weighted by Crippen LogP contribution is 2.07. The molecule has 0 aliphatic carbocycles. The molecule has 6 nitrogen and oxygen atoms in total. The van der Waals surface area contributed by atoms with Crippen LogP contribution in [0.5, 0.6) is 0 Å². The number of amides is 2. The molecule has 0 radical (unpaired) electrons. The van der Waals surface area contributed by atoms with Crippen molar-refractivity contribution in [3.63, 3.8) is 0 Å². The van der Waals surface area contributed by atoms with Crippen molar-refractivity contribution in [2.45, 2.75) is 6.42 Å². The number of hydrogen-bond acceptors (Lipinski definition) is 4. The van der Waals surface area contributed by atoms with Gasteiger partial charge in [0.25, 0.3) is 5.91 Å². The molecule has 1 aliphatic heterocycles. The van der Waals surface area contributed by atoms with Crippen molar-refractivity contribution in [3.8, 4) is 0 Å². The summed E-state index contributed by atoms with van der Waals surface area (Å²) in [5.74, 6) is -0.483. The van der Waals surface area contributed by atoms with Crippen molar-refractivity contribution < 1.29 is 9.59 Å². The lowest BCUT2D eigenvalue weighted by Crippen LogP contribution is -2.37. The molecule has 1 aromatic rings. The first-order valence-corrected chi connectivity index (χ1v) is 5.58. The van der Waals surface area contributed by atoms with Crippen LogP contribution in [0, 0.1) is 0 Å². The molecule has 0 aromatic carbocycles. The Hall–Kier alpha value is -1.69. The van der Waals surface area contributed by atoms with Crippen molar-refractivity contribution in [3.05, 3.63) is 23.2 Å². The van der Waals surface area contributed by atoms with Crippen LogP contribution in [0.1, 0.15) is 16.9 Å². The van der Waals surface area contributed by atoms with Gasteiger partial charge in [-0.3, -0.25) is 14.6 Å². The zero-order valence-corrected chi connectivity index (χ0v) is 9.78. The SMILES string of the molecule is O=C1CN(C(=O)c2cncc(Cl)n2)CCCN1. The second-order valence-corrected chi connectivity index (χ2v) is 4.04. The molecule has 7 heteroatoms. The van der Waals surface area contributed by atoms with E-state index in [4.69, 9.17) is 11.6 Å². The first kappa shape index (κ1) is 11.8. The van der Waals surface area contributed by atoms with Gasteiger partial charge in [-0.05, 0) is 6.42 Å². The summed E-state index contributed by atoms with van der Waals surface area (Å²) < 4.78 is 0. The van der Waals surface area contributed by atoms with Gasteiger partial charge < -0.3 is 10.2 Å². The Balaban J connectivity index is 2.16. The predicted octanol–water partition coefficient (Wildman–Crippen LogP) is 0.0921. The summed E-state index contributed by atoms with van der Waals surface area (Å²) in [4.78, 5) is 32.5. The number of carbonyl (C=O) groups is 2. The van der Waals surface area contributed by atoms with Gasteiger partial charge in [-0.15, -0.1) is 0 Å². The second kappa shape index (κ2) is 5.09. The number of rotatable bonds is 1. The van der Waals surface area contributed by atoms with Gasteiger partial charge in [-0.1, -0.05) is 11.6 Å². The molecular formula is C10H11ClN4O2. The van der Waals surface area contributed by atoms with E-state index < -0.39 is 0 Å². The molecule has 0 atom stereocenters. The fourth-order valence-corrected chi connectivity index (χ4v) is 1.73. The minimum Gasteiger partial charge on any atom is -0.354 e. The molecular weight excluding hydrogens is 244 g/mol. The van der Waals surface area contributed by atoms with Crippen molar-refractivity contribution >= 4 is 23.4 Å². The first-order valence-electron chi connectivity index (χ1n) is 5.20. The first-order chi connectivity index (χ1) is 8.16. The Morgan fingerprint density at radius 2 is 2.29 bits per heavy atom. The van der Waals surface area contributed by atoms with Gasteiger partial charge in [0.2, 0.25) is 5.91 Å². The van der Waals surface area contributed by atoms with Gasteiger partial charge in [0.05, 0.1) is 18.9 Å². The highest BCUT2D eigenvalue weighted by atomic mass is 35.5. The minimum atomic E-state index is -0.322. The molecule has 17 heavy (non-hydrogen) atoms. The van der Waals surface area contributed by atoms with Crippen LogP contribution >= 0.6 is 11.6 Å². The standard InChI is InChI=1S/C10H11ClN4O2/c11-8-5-12-4-7(14-8)10(17)15-3-1-2-13-9(16)6-15/h4-5H,1-3,6H2,(H,13,16). The number of halogens is 1. The summed E-state index contributed by atoms with van der Waals surface area (Å²) in [5.41, 5.74) is 0.159. The molecule has 1 fully saturated rings. The van der Waals surface area contributed by atoms with Crippen molar-refractivity contribution in [1.29, 1.82) is 0 Å². The molecule has 0 unspecified atom stereocenters. The summed E-state index contributed by atoms with van der Waals surface area (Å²) in [7, 11) is 0. The van der Waals surface area contributed by atoms with E-state index in [1.54, 1.807) is 0 Å². The number of carbonyl (C=O) groups excluding carboxylic acids is 2. The number of aromatic nitrogens is 2. The van der Waals surface area contributed by atoms with Gasteiger partial charge in [0.15, 0.2) is 0 Å². The van der Waals surface area contributed by atoms with E-state index in [1.165, 1.54) is 17.3 Å². The summed E-state index contributed by atoms with van der Waals surface area (Å²) in [6.45, 7) is 1.16. The van der Waals surface area contributed by atoms with E-state index in [2.05, 4.69) is 15.3 Å². The van der Waals surface area contributed by atoms with Crippen LogP contribution in [-0.4, -0.2) is 46.3 Å². The fourth-order valence-electron chi connectivity index (χ4n) is 1.59. The molecule has 90 valence electrons. The molecule has 1 aliphatic rings. The van der Waals surface area contributed by atoms with E-state index in [0.29, 0.717) is 13.1 Å². The van der Waals surface area contributed by atoms with Crippen LogP contribution < -0.4 is 5.32 Å². The zero-order valence-electron chi connectivity index (χ0n) is 9.02. The van der Waals surface area contributed by atoms with E-state index in [1.807, 2.05) is 0 Å². The average molecular weight is 255 g/mol. The third-order valence-electron chi connectivity index (χ3n) is 2.37. The second-order valence-electron chi connectivity index (χ2n) is 3.66. The third kappa shape index (κ3) is 2.91. The lowest BCUT2D eigenvalue weighted by atomic mass is 10.3. The lowest BCUT2D eigenvalue weighted by Gasteiger charge is -2.18. The Labute approximate surface area is 103 Å². The van der Waals surface area contributed by atoms with Crippen molar-refractivity contribution in [1.82, 2.24) is 20.2 Å². The Morgan fingerprint density at radius 3 is 3.06 bits per heavy atom. The molecule has 2 rings (SSSR count). The van der Waals surface area contributed by atoms with Crippen LogP contribution in [0.2, 0.25) is 5.15 Å². The maximum absolute atomic E-state index is 12.0. The van der Waals surface area contributed by atoms with E-state index >= 15 is 0 Å². The zero-order chi connectivity index (χ0) is 12.3. The smallest absolute Gasteiger partial charge is 0.274 e. The fraction of sp³-hybridized carbons (Fsp3) is 0.400. The quantitative estimate of drug-likeness (QED) is 0.771. The predicted molar refractivity (Wildman–Crippen MR) is 60.6 cm³/mol. The van der Waals surface area contributed by atoms with Crippen LogP contribution in [0.15, 0.2) is 12.4 Å². The maximum atomic E-state index is 12.0. The normalized spacial score (nSPS) is 16.3. The lowest BCUT2D eigenvalue weighted by molar-refractivity contribution is -0.121. The van der Waals surface area contributed by atoms with Crippen LogP contribution in [0.3, 0.4) is 0 Å². The van der Waals surface area contributed by atoms with Gasteiger partial charge in [-0.2, -0.15) is 0 Å².